The van der Waals surface area contributed by atoms with Crippen molar-refractivity contribution in [3.63, 3.8) is 0 Å². The van der Waals surface area contributed by atoms with Crippen molar-refractivity contribution in [1.82, 2.24) is 4.90 Å². The van der Waals surface area contributed by atoms with E-state index in [0.29, 0.717) is 24.4 Å². The summed E-state index contributed by atoms with van der Waals surface area (Å²) < 4.78 is 65.9. The summed E-state index contributed by atoms with van der Waals surface area (Å²) in [5, 5.41) is 0. The van der Waals surface area contributed by atoms with Gasteiger partial charge in [0.25, 0.3) is 0 Å². The van der Waals surface area contributed by atoms with E-state index in [9.17, 15) is 22.0 Å². The van der Waals surface area contributed by atoms with Crippen LogP contribution < -0.4 is 4.90 Å². The summed E-state index contributed by atoms with van der Waals surface area (Å²) in [6, 6.07) is 4.08. The number of anilines is 1. The van der Waals surface area contributed by atoms with Crippen LogP contribution in [0.5, 0.6) is 0 Å². The smallest absolute Gasteiger partial charge is 0.368 e. The van der Waals surface area contributed by atoms with Crippen molar-refractivity contribution in [3.8, 4) is 0 Å². The van der Waals surface area contributed by atoms with E-state index < -0.39 is 17.7 Å². The van der Waals surface area contributed by atoms with Gasteiger partial charge in [-0.1, -0.05) is 6.07 Å². The van der Waals surface area contributed by atoms with Crippen LogP contribution in [0.3, 0.4) is 0 Å². The molecular formula is C21H27F5N2. The highest BCUT2D eigenvalue weighted by Gasteiger charge is 2.45. The molecule has 0 aromatic heterocycles. The van der Waals surface area contributed by atoms with Crippen molar-refractivity contribution in [3.05, 3.63) is 29.3 Å². The molecule has 0 N–H and O–H groups in total. The second-order valence-electron chi connectivity index (χ2n) is 8.90. The molecule has 2 aliphatic heterocycles. The molecule has 1 saturated carbocycles. The molecular weight excluding hydrogens is 375 g/mol. The Hall–Kier alpha value is -1.37. The summed E-state index contributed by atoms with van der Waals surface area (Å²) in [6.45, 7) is 2.61. The van der Waals surface area contributed by atoms with Crippen molar-refractivity contribution in [2.24, 2.45) is 5.92 Å². The highest BCUT2D eigenvalue weighted by molar-refractivity contribution is 5.63. The van der Waals surface area contributed by atoms with Crippen LogP contribution in [0.4, 0.5) is 27.6 Å². The molecule has 0 amide bonds. The Kier molecular flexibility index (Phi) is 4.88. The molecule has 0 unspecified atom stereocenters. The quantitative estimate of drug-likeness (QED) is 0.615. The average Bonchev–Trinajstić information content (AvgIpc) is 2.90. The number of rotatable bonds is 2. The van der Waals surface area contributed by atoms with Crippen molar-refractivity contribution in [1.29, 1.82) is 0 Å². The van der Waals surface area contributed by atoms with Crippen molar-refractivity contribution < 1.29 is 22.0 Å². The van der Waals surface area contributed by atoms with Gasteiger partial charge in [-0.05, 0) is 55.7 Å². The van der Waals surface area contributed by atoms with E-state index in [1.807, 2.05) is 7.05 Å². The molecule has 7 heteroatoms. The van der Waals surface area contributed by atoms with E-state index in [2.05, 4.69) is 9.80 Å². The minimum Gasteiger partial charge on any atom is -0.368 e. The van der Waals surface area contributed by atoms with Crippen molar-refractivity contribution in [2.75, 3.05) is 31.6 Å². The van der Waals surface area contributed by atoms with Gasteiger partial charge in [0.05, 0.1) is 5.56 Å². The average molecular weight is 402 g/mol. The third-order valence-corrected chi connectivity index (χ3v) is 7.14. The molecule has 28 heavy (non-hydrogen) atoms. The first-order valence-electron chi connectivity index (χ1n) is 10.1. The lowest BCUT2D eigenvalue weighted by Crippen LogP contribution is -2.53. The van der Waals surface area contributed by atoms with Gasteiger partial charge in [-0.15, -0.1) is 0 Å². The fourth-order valence-corrected chi connectivity index (χ4v) is 5.24. The van der Waals surface area contributed by atoms with Crippen LogP contribution >= 0.6 is 0 Å². The fourth-order valence-electron chi connectivity index (χ4n) is 5.24. The summed E-state index contributed by atoms with van der Waals surface area (Å²) in [5.74, 6) is -2.16. The number of alkyl halides is 5. The second kappa shape index (κ2) is 6.85. The van der Waals surface area contributed by atoms with Crippen LogP contribution in [0.15, 0.2) is 18.2 Å². The maximum atomic E-state index is 13.3. The molecule has 156 valence electrons. The fraction of sp³-hybridized carbons (Fsp3) is 0.714. The van der Waals surface area contributed by atoms with E-state index in [1.54, 1.807) is 6.07 Å². The van der Waals surface area contributed by atoms with Gasteiger partial charge in [0, 0.05) is 50.7 Å². The number of hydrogen-bond acceptors (Lipinski definition) is 2. The first-order chi connectivity index (χ1) is 13.1. The number of fused-ring (bicyclic) bond motifs is 1. The van der Waals surface area contributed by atoms with Gasteiger partial charge >= 0.3 is 6.18 Å². The van der Waals surface area contributed by atoms with Crippen LogP contribution in [0.2, 0.25) is 0 Å². The Balaban J connectivity index is 1.38. The maximum absolute atomic E-state index is 13.3. The largest absolute Gasteiger partial charge is 0.416 e. The monoisotopic (exact) mass is 402 g/mol. The number of likely N-dealkylation sites (N-methyl/N-ethyl adjacent to an activating group) is 1. The lowest BCUT2D eigenvalue weighted by molar-refractivity contribution is -0.137. The first-order valence-corrected chi connectivity index (χ1v) is 10.1. The predicted molar refractivity (Wildman–Crippen MR) is 98.9 cm³/mol. The lowest BCUT2D eigenvalue weighted by Gasteiger charge is -2.45. The summed E-state index contributed by atoms with van der Waals surface area (Å²) in [7, 11) is 1.91. The van der Waals surface area contributed by atoms with E-state index in [4.69, 9.17) is 0 Å². The Bertz CT molecular complexity index is 712. The predicted octanol–water partition coefficient (Wildman–Crippen LogP) is 5.36. The molecule has 0 bridgehead atoms. The number of likely N-dealkylation sites (tertiary alicyclic amines) is 1. The van der Waals surface area contributed by atoms with Crippen LogP contribution in [-0.4, -0.2) is 43.0 Å². The molecule has 1 aromatic rings. The van der Waals surface area contributed by atoms with Crippen molar-refractivity contribution in [2.45, 2.75) is 62.6 Å². The zero-order chi connectivity index (χ0) is 20.2. The summed E-state index contributed by atoms with van der Waals surface area (Å²) in [5.41, 5.74) is 0.959. The maximum Gasteiger partial charge on any atom is 0.416 e. The Labute approximate surface area is 162 Å². The van der Waals surface area contributed by atoms with Crippen LogP contribution in [0.25, 0.3) is 0 Å². The topological polar surface area (TPSA) is 6.48 Å². The number of nitrogens with zero attached hydrogens (tertiary/aromatic N) is 2. The van der Waals surface area contributed by atoms with Gasteiger partial charge in [-0.2, -0.15) is 13.2 Å². The number of halogens is 5. The number of hydrogen-bond donors (Lipinski definition) is 0. The highest BCUT2D eigenvalue weighted by Crippen LogP contribution is 2.46. The molecule has 1 aliphatic carbocycles. The Morgan fingerprint density at radius 3 is 2.29 bits per heavy atom. The standard InChI is InChI=1S/C21H27F5N2/c1-27-18-12-17(21(24,25)26)3-2-16(18)13-19(27)8-10-28(11-9-19)14-15-4-6-20(22,23)7-5-15/h2-3,12,15H,4-11,13-14H2,1H3. The van der Waals surface area contributed by atoms with Gasteiger partial charge in [-0.25, -0.2) is 8.78 Å². The normalized spacial score (nSPS) is 25.3. The van der Waals surface area contributed by atoms with E-state index in [0.717, 1.165) is 44.5 Å². The van der Waals surface area contributed by atoms with Crippen LogP contribution in [0.1, 0.15) is 49.7 Å². The molecule has 2 fully saturated rings. The summed E-state index contributed by atoms with van der Waals surface area (Å²) in [6.07, 6.45) is -0.610. The molecule has 1 spiro atoms. The van der Waals surface area contributed by atoms with Gasteiger partial charge in [0.2, 0.25) is 5.92 Å². The number of piperidine rings is 1. The highest BCUT2D eigenvalue weighted by atomic mass is 19.4. The molecule has 2 nitrogen and oxygen atoms in total. The molecule has 2 heterocycles. The third kappa shape index (κ3) is 3.74. The Morgan fingerprint density at radius 1 is 1.04 bits per heavy atom. The molecule has 4 rings (SSSR count). The molecule has 0 atom stereocenters. The zero-order valence-electron chi connectivity index (χ0n) is 16.2. The first kappa shape index (κ1) is 19.9. The molecule has 0 radical (unpaired) electrons. The minimum absolute atomic E-state index is 0.00493. The SMILES string of the molecule is CN1c2cc(C(F)(F)F)ccc2CC12CCN(CC1CCC(F)(F)CC1)CC2. The van der Waals surface area contributed by atoms with E-state index >= 15 is 0 Å². The van der Waals surface area contributed by atoms with Crippen LogP contribution in [-0.2, 0) is 12.6 Å². The molecule has 1 aromatic carbocycles. The molecule has 1 saturated heterocycles. The summed E-state index contributed by atoms with van der Waals surface area (Å²) >= 11 is 0. The van der Waals surface area contributed by atoms with Gasteiger partial charge in [0.15, 0.2) is 0 Å². The van der Waals surface area contributed by atoms with Gasteiger partial charge < -0.3 is 9.80 Å². The van der Waals surface area contributed by atoms with E-state index in [-0.39, 0.29) is 18.4 Å². The Morgan fingerprint density at radius 2 is 1.68 bits per heavy atom. The minimum atomic E-state index is -4.33. The van der Waals surface area contributed by atoms with Crippen LogP contribution in [0, 0.1) is 5.92 Å². The zero-order valence-corrected chi connectivity index (χ0v) is 16.2. The van der Waals surface area contributed by atoms with Gasteiger partial charge in [0.1, 0.15) is 0 Å². The van der Waals surface area contributed by atoms with Crippen molar-refractivity contribution >= 4 is 5.69 Å². The number of benzene rings is 1. The van der Waals surface area contributed by atoms with E-state index in [1.165, 1.54) is 12.1 Å². The van der Waals surface area contributed by atoms with Gasteiger partial charge in [-0.3, -0.25) is 0 Å². The molecule has 3 aliphatic rings. The third-order valence-electron chi connectivity index (χ3n) is 7.14. The second-order valence-corrected chi connectivity index (χ2v) is 8.90. The summed E-state index contributed by atoms with van der Waals surface area (Å²) in [4.78, 5) is 4.41. The lowest BCUT2D eigenvalue weighted by atomic mass is 9.82.